The third-order valence-electron chi connectivity index (χ3n) is 6.85. The van der Waals surface area contributed by atoms with Gasteiger partial charge in [0.2, 0.25) is 11.7 Å². The van der Waals surface area contributed by atoms with Crippen LogP contribution in [-0.4, -0.2) is 41.6 Å². The molecule has 1 amide bonds. The Labute approximate surface area is 218 Å². The number of aryl methyl sites for hydroxylation is 2. The first-order chi connectivity index (χ1) is 18.6. The third kappa shape index (κ3) is 4.23. The summed E-state index contributed by atoms with van der Waals surface area (Å²) in [5.74, 6) is -1.09. The van der Waals surface area contributed by atoms with Crippen molar-refractivity contribution in [1.82, 2.24) is 29.5 Å². The van der Waals surface area contributed by atoms with Crippen LogP contribution in [0.5, 0.6) is 0 Å². The van der Waals surface area contributed by atoms with Crippen molar-refractivity contribution in [1.29, 1.82) is 0 Å². The van der Waals surface area contributed by atoms with Crippen LogP contribution < -0.4 is 5.32 Å². The molecule has 0 saturated heterocycles. The van der Waals surface area contributed by atoms with E-state index in [1.807, 2.05) is 0 Å². The molecule has 0 bridgehead atoms. The number of fused-ring (bicyclic) bond motifs is 1. The van der Waals surface area contributed by atoms with Gasteiger partial charge in [0.1, 0.15) is 12.0 Å². The number of alkyl halides is 3. The number of carbonyl (C=O) groups is 1. The van der Waals surface area contributed by atoms with Crippen molar-refractivity contribution in [2.45, 2.75) is 45.8 Å². The van der Waals surface area contributed by atoms with Crippen molar-refractivity contribution in [3.8, 4) is 22.5 Å². The van der Waals surface area contributed by atoms with Crippen LogP contribution in [0.25, 0.3) is 28.0 Å². The smallest absolute Gasteiger partial charge is 0.333 e. The lowest BCUT2D eigenvalue weighted by molar-refractivity contribution is 0.0542. The molecule has 6 rings (SSSR count). The summed E-state index contributed by atoms with van der Waals surface area (Å²) in [5, 5.41) is 14.7. The summed E-state index contributed by atoms with van der Waals surface area (Å²) in [6.07, 6.45) is 1.76. The van der Waals surface area contributed by atoms with Gasteiger partial charge in [0.15, 0.2) is 0 Å². The Hall–Kier alpha value is -4.55. The van der Waals surface area contributed by atoms with E-state index in [4.69, 9.17) is 4.52 Å². The van der Waals surface area contributed by atoms with Gasteiger partial charge in [0.05, 0.1) is 35.1 Å². The van der Waals surface area contributed by atoms with Crippen molar-refractivity contribution in [3.63, 3.8) is 0 Å². The molecule has 2 atom stereocenters. The van der Waals surface area contributed by atoms with Crippen LogP contribution in [0, 0.1) is 26.6 Å². The zero-order valence-electron chi connectivity index (χ0n) is 20.9. The van der Waals surface area contributed by atoms with E-state index < -0.39 is 24.4 Å². The lowest BCUT2D eigenvalue weighted by atomic mass is 10.0. The summed E-state index contributed by atoms with van der Waals surface area (Å²) >= 11 is 0. The number of rotatable bonds is 6. The Bertz CT molecular complexity index is 1760. The topological polar surface area (TPSA) is 103 Å². The van der Waals surface area contributed by atoms with Crippen LogP contribution in [0.1, 0.15) is 52.1 Å². The molecule has 1 unspecified atom stereocenters. The Kier molecular flexibility index (Phi) is 5.74. The van der Waals surface area contributed by atoms with Crippen molar-refractivity contribution in [2.24, 2.45) is 0 Å². The molecule has 13 heteroatoms. The molecule has 1 saturated carbocycles. The van der Waals surface area contributed by atoms with Crippen molar-refractivity contribution in [3.05, 3.63) is 70.9 Å². The van der Waals surface area contributed by atoms with Gasteiger partial charge < -0.3 is 9.84 Å². The van der Waals surface area contributed by atoms with Crippen molar-refractivity contribution >= 4 is 17.1 Å². The summed E-state index contributed by atoms with van der Waals surface area (Å²) in [7, 11) is 0. The first kappa shape index (κ1) is 24.8. The molecular formula is C26H21F4N7O2. The number of amides is 1. The lowest BCUT2D eigenvalue weighted by Gasteiger charge is -2.10. The van der Waals surface area contributed by atoms with Crippen LogP contribution in [0.15, 0.2) is 41.2 Å². The molecule has 1 aromatic carbocycles. The van der Waals surface area contributed by atoms with Gasteiger partial charge >= 0.3 is 6.55 Å². The van der Waals surface area contributed by atoms with Gasteiger partial charge in [-0.15, -0.1) is 0 Å². The van der Waals surface area contributed by atoms with E-state index in [9.17, 15) is 18.0 Å². The van der Waals surface area contributed by atoms with E-state index in [0.29, 0.717) is 22.4 Å². The van der Waals surface area contributed by atoms with Gasteiger partial charge in [0, 0.05) is 28.1 Å². The molecule has 0 aliphatic heterocycles. The maximum absolute atomic E-state index is 15.0. The number of nitrogens with zero attached hydrogens (tertiary/aromatic N) is 6. The molecule has 39 heavy (non-hydrogen) atoms. The summed E-state index contributed by atoms with van der Waals surface area (Å²) in [5.41, 5.74) is 2.75. The van der Waals surface area contributed by atoms with Crippen LogP contribution in [-0.2, 0) is 0 Å². The molecule has 4 heterocycles. The van der Waals surface area contributed by atoms with Crippen LogP contribution >= 0.6 is 0 Å². The van der Waals surface area contributed by atoms with Crippen molar-refractivity contribution in [2.75, 3.05) is 5.32 Å². The number of pyridine rings is 1. The Morgan fingerprint density at radius 1 is 1.21 bits per heavy atom. The highest BCUT2D eigenvalue weighted by molar-refractivity contribution is 6.09. The van der Waals surface area contributed by atoms with Gasteiger partial charge in [-0.05, 0) is 44.9 Å². The molecule has 4 aromatic heterocycles. The number of carbonyl (C=O) groups excluding carboxylic acids is 1. The molecule has 1 aliphatic carbocycles. The van der Waals surface area contributed by atoms with E-state index >= 15 is 4.39 Å². The van der Waals surface area contributed by atoms with E-state index in [2.05, 4.69) is 25.7 Å². The number of benzene rings is 1. The molecule has 1 fully saturated rings. The quantitative estimate of drug-likeness (QED) is 0.274. The van der Waals surface area contributed by atoms with E-state index in [0.717, 1.165) is 11.8 Å². The highest BCUT2D eigenvalue weighted by atomic mass is 19.3. The molecule has 5 aromatic rings. The number of anilines is 1. The number of hydrogen-bond donors (Lipinski definition) is 1. The second kappa shape index (κ2) is 9.03. The fourth-order valence-corrected chi connectivity index (χ4v) is 4.62. The predicted octanol–water partition coefficient (Wildman–Crippen LogP) is 5.78. The summed E-state index contributed by atoms with van der Waals surface area (Å²) in [6, 6.07) is 6.59. The third-order valence-corrected chi connectivity index (χ3v) is 6.85. The molecule has 0 radical (unpaired) electrons. The Morgan fingerprint density at radius 3 is 2.67 bits per heavy atom. The highest BCUT2D eigenvalue weighted by Gasteiger charge is 2.43. The van der Waals surface area contributed by atoms with E-state index in [-0.39, 0.29) is 51.2 Å². The van der Waals surface area contributed by atoms with Gasteiger partial charge in [-0.1, -0.05) is 17.3 Å². The van der Waals surface area contributed by atoms with Crippen LogP contribution in [0.3, 0.4) is 0 Å². The fourth-order valence-electron chi connectivity index (χ4n) is 4.62. The van der Waals surface area contributed by atoms with Gasteiger partial charge in [0.25, 0.3) is 5.91 Å². The minimum atomic E-state index is -2.88. The first-order valence-corrected chi connectivity index (χ1v) is 12.0. The molecule has 9 nitrogen and oxygen atoms in total. The second-order valence-electron chi connectivity index (χ2n) is 9.49. The maximum atomic E-state index is 15.0. The van der Waals surface area contributed by atoms with Gasteiger partial charge in [-0.2, -0.15) is 24.0 Å². The molecular weight excluding hydrogens is 518 g/mol. The summed E-state index contributed by atoms with van der Waals surface area (Å²) in [4.78, 5) is 17.6. The average molecular weight is 539 g/mol. The monoisotopic (exact) mass is 539 g/mol. The lowest BCUT2D eigenvalue weighted by Crippen LogP contribution is -2.13. The van der Waals surface area contributed by atoms with Crippen molar-refractivity contribution < 1.29 is 26.9 Å². The minimum absolute atomic E-state index is 0.0243. The highest BCUT2D eigenvalue weighted by Crippen LogP contribution is 2.43. The van der Waals surface area contributed by atoms with E-state index in [1.54, 1.807) is 25.1 Å². The first-order valence-electron chi connectivity index (χ1n) is 12.0. The van der Waals surface area contributed by atoms with Gasteiger partial charge in [-0.25, -0.2) is 18.0 Å². The maximum Gasteiger partial charge on any atom is 0.333 e. The SMILES string of the molecule is Cc1ccc(-c2noc(C3C[C@@H]3F)n2)cc1NC(=O)c1cnn2cc(F)c(-c3c(C)nn(C(F)F)c3C)cc12. The molecule has 0 spiro atoms. The molecule has 1 N–H and O–H groups in total. The molecule has 200 valence electrons. The second-order valence-corrected chi connectivity index (χ2v) is 9.49. The standard InChI is InChI=1S/C26H21F4N7O2/c1-11-4-5-14(23-33-25(39-35-23)16-7-18(16)27)6-20(11)32-24(38)17-9-31-36-10-19(28)15(8-21(17)36)22-12(2)34-37(13(22)3)26(29)30/h4-6,8-10,16,18,26H,7H2,1-3H3,(H,32,38)/t16?,18-/m0/s1. The van der Waals surface area contributed by atoms with E-state index in [1.165, 1.54) is 30.6 Å². The largest absolute Gasteiger partial charge is 0.339 e. The summed E-state index contributed by atoms with van der Waals surface area (Å²) < 4.78 is 62.0. The zero-order chi connectivity index (χ0) is 27.6. The Balaban J connectivity index is 1.33. The average Bonchev–Trinajstić information content (AvgIpc) is 3.23. The zero-order valence-corrected chi connectivity index (χ0v) is 20.9. The summed E-state index contributed by atoms with van der Waals surface area (Å²) in [6.45, 7) is 1.86. The van der Waals surface area contributed by atoms with Gasteiger partial charge in [-0.3, -0.25) is 4.79 Å². The fraction of sp³-hybridized carbons (Fsp3) is 0.269. The number of halogens is 4. The number of nitrogens with one attached hydrogen (secondary N) is 1. The number of aromatic nitrogens is 6. The Morgan fingerprint density at radius 2 is 1.97 bits per heavy atom. The predicted molar refractivity (Wildman–Crippen MR) is 132 cm³/mol. The number of hydrogen-bond acceptors (Lipinski definition) is 6. The normalized spacial score (nSPS) is 16.8. The van der Waals surface area contributed by atoms with Crippen LogP contribution in [0.4, 0.5) is 23.2 Å². The molecule has 1 aliphatic rings. The minimum Gasteiger partial charge on any atom is -0.339 e. The van der Waals surface area contributed by atoms with Crippen LogP contribution in [0.2, 0.25) is 0 Å².